The van der Waals surface area contributed by atoms with E-state index in [0.29, 0.717) is 13.0 Å². The fourth-order valence-corrected chi connectivity index (χ4v) is 3.62. The molecule has 0 bridgehead atoms. The first-order valence-corrected chi connectivity index (χ1v) is 8.96. The highest BCUT2D eigenvalue weighted by molar-refractivity contribution is 7.99. The van der Waals surface area contributed by atoms with Crippen molar-refractivity contribution in [2.45, 2.75) is 36.5 Å². The molecular formula is C19H21N3OS. The normalized spacial score (nSPS) is 13.2. The number of nitrogens with one attached hydrogen (secondary N) is 1. The third-order valence-corrected chi connectivity index (χ3v) is 5.11. The van der Waals surface area contributed by atoms with Crippen LogP contribution >= 0.6 is 11.8 Å². The van der Waals surface area contributed by atoms with E-state index in [2.05, 4.69) is 39.7 Å². The Kier molecular flexibility index (Phi) is 5.20. The van der Waals surface area contributed by atoms with E-state index in [4.69, 9.17) is 0 Å². The molecule has 0 radical (unpaired) electrons. The van der Waals surface area contributed by atoms with Gasteiger partial charge in [-0.25, -0.2) is 5.43 Å². The molecule has 4 nitrogen and oxygen atoms in total. The maximum Gasteiger partial charge on any atom is 0.241 e. The van der Waals surface area contributed by atoms with E-state index in [1.54, 1.807) is 11.8 Å². The molecule has 0 fully saturated rings. The van der Waals surface area contributed by atoms with Gasteiger partial charge in [-0.15, -0.1) is 0 Å². The number of rotatable bonds is 5. The van der Waals surface area contributed by atoms with Crippen molar-refractivity contribution in [1.82, 2.24) is 5.43 Å². The first kappa shape index (κ1) is 16.6. The van der Waals surface area contributed by atoms with Gasteiger partial charge in [-0.05, 0) is 37.6 Å². The summed E-state index contributed by atoms with van der Waals surface area (Å²) >= 11 is 1.77. The molecule has 1 aliphatic heterocycles. The van der Waals surface area contributed by atoms with Crippen LogP contribution in [0.25, 0.3) is 0 Å². The van der Waals surface area contributed by atoms with Crippen LogP contribution in [-0.2, 0) is 4.79 Å². The van der Waals surface area contributed by atoms with Gasteiger partial charge in [-0.3, -0.25) is 4.79 Å². The van der Waals surface area contributed by atoms with Crippen molar-refractivity contribution in [3.8, 4) is 0 Å². The van der Waals surface area contributed by atoms with Crippen LogP contribution in [0.1, 0.15) is 26.7 Å². The minimum Gasteiger partial charge on any atom is -0.339 e. The SMILES string of the molecule is CC/C(C)=N/NC(=O)CCN1c2ccccc2Sc2ccccc21. The highest BCUT2D eigenvalue weighted by Gasteiger charge is 2.22. The number of amides is 1. The van der Waals surface area contributed by atoms with Gasteiger partial charge in [0, 0.05) is 28.5 Å². The Bertz CT molecular complexity index is 727. The number of carbonyl (C=O) groups is 1. The van der Waals surface area contributed by atoms with Crippen LogP contribution in [0.2, 0.25) is 0 Å². The van der Waals surface area contributed by atoms with Crippen LogP contribution in [0.4, 0.5) is 11.4 Å². The van der Waals surface area contributed by atoms with Gasteiger partial charge in [0.2, 0.25) is 5.91 Å². The standard InChI is InChI=1S/C19H21N3OS/c1-3-14(2)20-21-19(23)12-13-22-15-8-4-6-10-17(15)24-18-11-7-5-9-16(18)22/h4-11H,3,12-13H2,1-2H3,(H,21,23)/b20-14+. The van der Waals surface area contributed by atoms with Gasteiger partial charge in [0.1, 0.15) is 0 Å². The van der Waals surface area contributed by atoms with Crippen LogP contribution < -0.4 is 10.3 Å². The van der Waals surface area contributed by atoms with Gasteiger partial charge in [-0.1, -0.05) is 43.0 Å². The number of nitrogens with zero attached hydrogens (tertiary/aromatic N) is 2. The molecule has 1 N–H and O–H groups in total. The van der Waals surface area contributed by atoms with Crippen LogP contribution in [-0.4, -0.2) is 18.2 Å². The Morgan fingerprint density at radius 3 is 2.25 bits per heavy atom. The predicted octanol–water partition coefficient (Wildman–Crippen LogP) is 4.58. The van der Waals surface area contributed by atoms with Gasteiger partial charge in [-0.2, -0.15) is 5.10 Å². The summed E-state index contributed by atoms with van der Waals surface area (Å²) in [6, 6.07) is 16.6. The van der Waals surface area contributed by atoms with Crippen molar-refractivity contribution in [3.63, 3.8) is 0 Å². The molecule has 0 saturated carbocycles. The molecule has 0 aliphatic carbocycles. The van der Waals surface area contributed by atoms with Gasteiger partial charge >= 0.3 is 0 Å². The van der Waals surface area contributed by atoms with Crippen LogP contribution in [0.15, 0.2) is 63.4 Å². The molecule has 1 aliphatic rings. The fourth-order valence-electron chi connectivity index (χ4n) is 2.53. The second kappa shape index (κ2) is 7.53. The summed E-state index contributed by atoms with van der Waals surface area (Å²) in [4.78, 5) is 16.7. The van der Waals surface area contributed by atoms with Crippen LogP contribution in [0.3, 0.4) is 0 Å². The van der Waals surface area contributed by atoms with E-state index < -0.39 is 0 Å². The average Bonchev–Trinajstić information content (AvgIpc) is 2.63. The zero-order valence-electron chi connectivity index (χ0n) is 14.0. The summed E-state index contributed by atoms with van der Waals surface area (Å²) in [6.07, 6.45) is 1.23. The highest BCUT2D eigenvalue weighted by atomic mass is 32.2. The number of fused-ring (bicyclic) bond motifs is 2. The highest BCUT2D eigenvalue weighted by Crippen LogP contribution is 2.47. The maximum absolute atomic E-state index is 12.1. The van der Waals surface area contributed by atoms with E-state index in [1.165, 1.54) is 9.79 Å². The Hall–Kier alpha value is -2.27. The molecule has 0 atom stereocenters. The van der Waals surface area contributed by atoms with Crippen LogP contribution in [0, 0.1) is 0 Å². The summed E-state index contributed by atoms with van der Waals surface area (Å²) in [6.45, 7) is 4.56. The zero-order chi connectivity index (χ0) is 16.9. The second-order valence-corrected chi connectivity index (χ2v) is 6.76. The Morgan fingerprint density at radius 1 is 1.08 bits per heavy atom. The van der Waals surface area contributed by atoms with Crippen molar-refractivity contribution in [2.75, 3.05) is 11.4 Å². The Morgan fingerprint density at radius 2 is 1.67 bits per heavy atom. The lowest BCUT2D eigenvalue weighted by molar-refractivity contribution is -0.120. The number of benzene rings is 2. The van der Waals surface area contributed by atoms with Crippen molar-refractivity contribution in [1.29, 1.82) is 0 Å². The first-order chi connectivity index (χ1) is 11.7. The summed E-state index contributed by atoms with van der Waals surface area (Å²) < 4.78 is 0. The van der Waals surface area contributed by atoms with E-state index in [-0.39, 0.29) is 5.91 Å². The number of carbonyl (C=O) groups excluding carboxylic acids is 1. The molecule has 0 spiro atoms. The molecule has 3 rings (SSSR count). The molecule has 124 valence electrons. The number of anilines is 2. The first-order valence-electron chi connectivity index (χ1n) is 8.14. The molecule has 5 heteroatoms. The van der Waals surface area contributed by atoms with Crippen LogP contribution in [0.5, 0.6) is 0 Å². The monoisotopic (exact) mass is 339 g/mol. The smallest absolute Gasteiger partial charge is 0.241 e. The predicted molar refractivity (Wildman–Crippen MR) is 100 cm³/mol. The summed E-state index contributed by atoms with van der Waals surface area (Å²) in [5, 5.41) is 4.09. The molecule has 0 saturated heterocycles. The number of para-hydroxylation sites is 2. The summed E-state index contributed by atoms with van der Waals surface area (Å²) in [5.74, 6) is -0.0593. The Balaban J connectivity index is 1.77. The number of hydrazone groups is 1. The minimum absolute atomic E-state index is 0.0593. The van der Waals surface area contributed by atoms with Crippen molar-refractivity contribution in [2.24, 2.45) is 5.10 Å². The lowest BCUT2D eigenvalue weighted by Crippen LogP contribution is -2.27. The maximum atomic E-state index is 12.1. The molecule has 1 heterocycles. The fraction of sp³-hybridized carbons (Fsp3) is 0.263. The molecule has 24 heavy (non-hydrogen) atoms. The minimum atomic E-state index is -0.0593. The van der Waals surface area contributed by atoms with E-state index >= 15 is 0 Å². The quantitative estimate of drug-likeness (QED) is 0.640. The summed E-state index contributed by atoms with van der Waals surface area (Å²) in [7, 11) is 0. The zero-order valence-corrected chi connectivity index (χ0v) is 14.8. The second-order valence-electron chi connectivity index (χ2n) is 5.67. The molecule has 2 aromatic carbocycles. The van der Waals surface area contributed by atoms with Crippen molar-refractivity contribution < 1.29 is 4.79 Å². The molecule has 0 aromatic heterocycles. The van der Waals surface area contributed by atoms with E-state index in [1.807, 2.05) is 38.1 Å². The van der Waals surface area contributed by atoms with E-state index in [0.717, 1.165) is 23.5 Å². The summed E-state index contributed by atoms with van der Waals surface area (Å²) in [5.41, 5.74) is 5.87. The topological polar surface area (TPSA) is 44.7 Å². The third kappa shape index (κ3) is 3.62. The largest absolute Gasteiger partial charge is 0.339 e. The molecule has 1 amide bonds. The van der Waals surface area contributed by atoms with Gasteiger partial charge in [0.05, 0.1) is 11.4 Å². The lowest BCUT2D eigenvalue weighted by atomic mass is 10.2. The molecule has 0 unspecified atom stereocenters. The van der Waals surface area contributed by atoms with Gasteiger partial charge < -0.3 is 4.90 Å². The third-order valence-electron chi connectivity index (χ3n) is 3.98. The Labute approximate surface area is 146 Å². The molecular weight excluding hydrogens is 318 g/mol. The van der Waals surface area contributed by atoms with Crippen molar-refractivity contribution >= 4 is 34.8 Å². The van der Waals surface area contributed by atoms with E-state index in [9.17, 15) is 4.79 Å². The number of hydrogen-bond donors (Lipinski definition) is 1. The van der Waals surface area contributed by atoms with Gasteiger partial charge in [0.25, 0.3) is 0 Å². The average molecular weight is 339 g/mol. The lowest BCUT2D eigenvalue weighted by Gasteiger charge is -2.32. The van der Waals surface area contributed by atoms with Crippen molar-refractivity contribution in [3.05, 3.63) is 48.5 Å². The van der Waals surface area contributed by atoms with Gasteiger partial charge in [0.15, 0.2) is 0 Å². The number of hydrogen-bond acceptors (Lipinski definition) is 4. The molecule has 2 aromatic rings.